The number of halogens is 1. The predicted octanol–water partition coefficient (Wildman–Crippen LogP) is -0.373. The van der Waals surface area contributed by atoms with Crippen LogP contribution in [-0.4, -0.2) is 34.7 Å². The van der Waals surface area contributed by atoms with Gasteiger partial charge in [0.1, 0.15) is 18.8 Å². The molecular formula is C6H10FO3. The van der Waals surface area contributed by atoms with Gasteiger partial charge in [0, 0.05) is 0 Å². The van der Waals surface area contributed by atoms with Crippen molar-refractivity contribution < 1.29 is 19.3 Å². The van der Waals surface area contributed by atoms with Gasteiger partial charge < -0.3 is 14.9 Å². The summed E-state index contributed by atoms with van der Waals surface area (Å²) in [6, 6.07) is 0. The van der Waals surface area contributed by atoms with Crippen molar-refractivity contribution in [3.63, 3.8) is 0 Å². The smallest absolute Gasteiger partial charge is 0.157 e. The summed E-state index contributed by atoms with van der Waals surface area (Å²) in [6.45, 7) is 2.47. The van der Waals surface area contributed by atoms with Crippen LogP contribution >= 0.6 is 0 Å². The van der Waals surface area contributed by atoms with Gasteiger partial charge in [0.15, 0.2) is 6.17 Å². The van der Waals surface area contributed by atoms with Gasteiger partial charge in [0.05, 0.1) is 6.10 Å². The van der Waals surface area contributed by atoms with E-state index in [1.165, 1.54) is 0 Å². The second-order valence-electron chi connectivity index (χ2n) is 2.40. The zero-order valence-corrected chi connectivity index (χ0v) is 5.57. The lowest BCUT2D eigenvalue weighted by molar-refractivity contribution is -0.136. The van der Waals surface area contributed by atoms with E-state index in [2.05, 4.69) is 4.74 Å². The molecule has 1 saturated heterocycles. The molecule has 4 atom stereocenters. The Balaban J connectivity index is 2.52. The molecule has 0 saturated carbocycles. The molecule has 1 aliphatic rings. The van der Waals surface area contributed by atoms with E-state index in [1.807, 2.05) is 0 Å². The van der Waals surface area contributed by atoms with E-state index < -0.39 is 24.5 Å². The largest absolute Gasteiger partial charge is 0.388 e. The van der Waals surface area contributed by atoms with E-state index in [-0.39, 0.29) is 0 Å². The van der Waals surface area contributed by atoms with Crippen LogP contribution < -0.4 is 0 Å². The average Bonchev–Trinajstić information content (AvgIpc) is 1.93. The van der Waals surface area contributed by atoms with Crippen molar-refractivity contribution in [3.05, 3.63) is 6.61 Å². The molecule has 0 spiro atoms. The number of ether oxygens (including phenoxy) is 1. The Hall–Kier alpha value is -0.190. The van der Waals surface area contributed by atoms with Crippen LogP contribution in [0.4, 0.5) is 4.39 Å². The van der Waals surface area contributed by atoms with E-state index in [1.54, 1.807) is 6.92 Å². The summed E-state index contributed by atoms with van der Waals surface area (Å²) in [5.74, 6) is 0. The van der Waals surface area contributed by atoms with Crippen LogP contribution in [0, 0.1) is 6.61 Å². The molecule has 0 unspecified atom stereocenters. The fraction of sp³-hybridized carbons (Fsp3) is 0.833. The molecule has 1 aliphatic heterocycles. The third kappa shape index (κ3) is 1.28. The lowest BCUT2D eigenvalue weighted by Crippen LogP contribution is -2.47. The maximum Gasteiger partial charge on any atom is 0.157 e. The Bertz CT molecular complexity index is 106. The summed E-state index contributed by atoms with van der Waals surface area (Å²) in [5, 5.41) is 17.9. The van der Waals surface area contributed by atoms with Gasteiger partial charge in [-0.2, -0.15) is 0 Å². The SMILES string of the molecule is C[C@H]1O[CH][C@@H](F)[C@@H](O)[C@H]1O. The summed E-state index contributed by atoms with van der Waals surface area (Å²) in [5.41, 5.74) is 0. The maximum absolute atomic E-state index is 12.4. The Morgan fingerprint density at radius 2 is 2.00 bits per heavy atom. The fourth-order valence-corrected chi connectivity index (χ4v) is 0.826. The lowest BCUT2D eigenvalue weighted by atomic mass is 10.0. The molecule has 1 fully saturated rings. The molecule has 0 aromatic carbocycles. The van der Waals surface area contributed by atoms with Gasteiger partial charge in [-0.15, -0.1) is 0 Å². The third-order valence-corrected chi connectivity index (χ3v) is 1.58. The first kappa shape index (κ1) is 7.91. The predicted molar refractivity (Wildman–Crippen MR) is 31.8 cm³/mol. The molecule has 0 bridgehead atoms. The molecule has 2 N–H and O–H groups in total. The normalized spacial score (nSPS) is 49.2. The van der Waals surface area contributed by atoms with Gasteiger partial charge >= 0.3 is 0 Å². The van der Waals surface area contributed by atoms with Crippen LogP contribution in [0.2, 0.25) is 0 Å². The second-order valence-corrected chi connectivity index (χ2v) is 2.40. The minimum absolute atomic E-state index is 0.526. The third-order valence-electron chi connectivity index (χ3n) is 1.58. The second kappa shape index (κ2) is 2.82. The van der Waals surface area contributed by atoms with Crippen LogP contribution in [-0.2, 0) is 4.74 Å². The quantitative estimate of drug-likeness (QED) is 0.494. The lowest BCUT2D eigenvalue weighted by Gasteiger charge is -2.31. The maximum atomic E-state index is 12.4. The molecule has 0 aromatic rings. The zero-order valence-electron chi connectivity index (χ0n) is 5.57. The minimum Gasteiger partial charge on any atom is -0.388 e. The zero-order chi connectivity index (χ0) is 7.72. The Kier molecular flexibility index (Phi) is 2.23. The number of hydrogen-bond acceptors (Lipinski definition) is 3. The molecule has 3 nitrogen and oxygen atoms in total. The van der Waals surface area contributed by atoms with Crippen molar-refractivity contribution in [1.29, 1.82) is 0 Å². The Morgan fingerprint density at radius 3 is 2.50 bits per heavy atom. The standard InChI is InChI=1S/C6H10FO3/c1-3-5(8)6(9)4(7)2-10-3/h2-6,8-9H,1H3/t3-,4-,5+,6-/m1/s1. The molecule has 0 amide bonds. The van der Waals surface area contributed by atoms with Crippen LogP contribution in [0.1, 0.15) is 6.92 Å². The van der Waals surface area contributed by atoms with E-state index in [0.717, 1.165) is 6.61 Å². The first-order chi connectivity index (χ1) is 4.63. The molecule has 59 valence electrons. The molecule has 0 aliphatic carbocycles. The molecule has 4 heteroatoms. The van der Waals surface area contributed by atoms with Crippen molar-refractivity contribution >= 4 is 0 Å². The molecule has 0 aromatic heterocycles. The number of rotatable bonds is 0. The first-order valence-electron chi connectivity index (χ1n) is 3.12. The number of aliphatic hydroxyl groups excluding tert-OH is 2. The van der Waals surface area contributed by atoms with Gasteiger partial charge in [-0.3, -0.25) is 0 Å². The minimum atomic E-state index is -1.58. The van der Waals surface area contributed by atoms with Crippen molar-refractivity contribution in [3.8, 4) is 0 Å². The van der Waals surface area contributed by atoms with Gasteiger partial charge in [-0.25, -0.2) is 4.39 Å². The van der Waals surface area contributed by atoms with Crippen LogP contribution in [0.15, 0.2) is 0 Å². The first-order valence-corrected chi connectivity index (χ1v) is 3.12. The van der Waals surface area contributed by atoms with Gasteiger partial charge in [-0.05, 0) is 6.92 Å². The van der Waals surface area contributed by atoms with Crippen molar-refractivity contribution in [2.75, 3.05) is 0 Å². The van der Waals surface area contributed by atoms with Crippen molar-refractivity contribution in [2.24, 2.45) is 0 Å². The van der Waals surface area contributed by atoms with Gasteiger partial charge in [-0.1, -0.05) is 0 Å². The molecule has 1 rings (SSSR count). The highest BCUT2D eigenvalue weighted by Crippen LogP contribution is 2.19. The number of alkyl halides is 1. The van der Waals surface area contributed by atoms with E-state index in [4.69, 9.17) is 10.2 Å². The summed E-state index contributed by atoms with van der Waals surface area (Å²) in [7, 11) is 0. The molecular weight excluding hydrogens is 139 g/mol. The Labute approximate surface area is 58.4 Å². The van der Waals surface area contributed by atoms with Crippen molar-refractivity contribution in [1.82, 2.24) is 0 Å². The van der Waals surface area contributed by atoms with Crippen LogP contribution in [0.3, 0.4) is 0 Å². The summed E-state index contributed by atoms with van der Waals surface area (Å²) in [4.78, 5) is 0. The summed E-state index contributed by atoms with van der Waals surface area (Å²) in [6.07, 6.45) is -4.57. The highest BCUT2D eigenvalue weighted by molar-refractivity contribution is 4.89. The summed E-state index contributed by atoms with van der Waals surface area (Å²) < 4.78 is 17.1. The van der Waals surface area contributed by atoms with Crippen LogP contribution in [0.25, 0.3) is 0 Å². The highest BCUT2D eigenvalue weighted by atomic mass is 19.1. The van der Waals surface area contributed by atoms with Gasteiger partial charge in [0.25, 0.3) is 0 Å². The topological polar surface area (TPSA) is 49.7 Å². The molecule has 1 radical (unpaired) electrons. The van der Waals surface area contributed by atoms with Crippen LogP contribution in [0.5, 0.6) is 0 Å². The van der Waals surface area contributed by atoms with E-state index >= 15 is 0 Å². The molecule has 10 heavy (non-hydrogen) atoms. The van der Waals surface area contributed by atoms with Gasteiger partial charge in [0.2, 0.25) is 0 Å². The van der Waals surface area contributed by atoms with Crippen molar-refractivity contribution in [2.45, 2.75) is 31.4 Å². The monoisotopic (exact) mass is 149 g/mol. The molecule has 1 heterocycles. The number of hydrogen-bond donors (Lipinski definition) is 2. The number of aliphatic hydroxyl groups is 2. The Morgan fingerprint density at radius 1 is 1.40 bits per heavy atom. The average molecular weight is 149 g/mol. The summed E-state index contributed by atoms with van der Waals surface area (Å²) >= 11 is 0. The van der Waals surface area contributed by atoms with E-state index in [9.17, 15) is 4.39 Å². The fourth-order valence-electron chi connectivity index (χ4n) is 0.826. The highest BCUT2D eigenvalue weighted by Gasteiger charge is 2.36. The van der Waals surface area contributed by atoms with E-state index in [0.29, 0.717) is 0 Å².